The average Bonchev–Trinajstić information content (AvgIpc) is 2.63. The summed E-state index contributed by atoms with van der Waals surface area (Å²) in [4.78, 5) is 14.9. The van der Waals surface area contributed by atoms with Crippen LogP contribution in [-0.4, -0.2) is 41.7 Å². The van der Waals surface area contributed by atoms with E-state index >= 15 is 0 Å². The summed E-state index contributed by atoms with van der Waals surface area (Å²) in [6.45, 7) is 5.62. The topological polar surface area (TPSA) is 52.6 Å². The van der Waals surface area contributed by atoms with Gasteiger partial charge in [0.1, 0.15) is 0 Å². The van der Waals surface area contributed by atoms with Crippen molar-refractivity contribution in [3.63, 3.8) is 0 Å². The third-order valence-electron chi connectivity index (χ3n) is 5.86. The minimum absolute atomic E-state index is 0.0643. The third kappa shape index (κ3) is 5.29. The van der Waals surface area contributed by atoms with Crippen LogP contribution in [0.4, 0.5) is 0 Å². The van der Waals surface area contributed by atoms with E-state index in [2.05, 4.69) is 29.3 Å². The summed E-state index contributed by atoms with van der Waals surface area (Å²) in [6.07, 6.45) is 6.88. The minimum Gasteiger partial charge on any atom is -0.396 e. The molecule has 0 aromatic heterocycles. The Kier molecular flexibility index (Phi) is 6.49. The highest BCUT2D eigenvalue weighted by atomic mass is 16.3. The smallest absolute Gasteiger partial charge is 0.251 e. The molecule has 1 aliphatic carbocycles. The number of piperidine rings is 1. The van der Waals surface area contributed by atoms with Gasteiger partial charge in [-0.2, -0.15) is 0 Å². The number of aliphatic hydroxyl groups is 1. The van der Waals surface area contributed by atoms with Crippen LogP contribution in [0, 0.1) is 11.8 Å². The minimum atomic E-state index is 0.0643. The van der Waals surface area contributed by atoms with Gasteiger partial charge in [0, 0.05) is 24.8 Å². The summed E-state index contributed by atoms with van der Waals surface area (Å²) < 4.78 is 0. The molecular formula is C21H32N2O2. The van der Waals surface area contributed by atoms with E-state index in [1.165, 1.54) is 18.4 Å². The first-order valence-corrected chi connectivity index (χ1v) is 9.87. The zero-order valence-corrected chi connectivity index (χ0v) is 15.4. The Bertz CT molecular complexity index is 550. The SMILES string of the molecule is CC1CCCC(NC(=O)c2ccc(CN3CCC(CO)CC3)cc2)C1. The van der Waals surface area contributed by atoms with Crippen molar-refractivity contribution in [2.24, 2.45) is 11.8 Å². The Labute approximate surface area is 151 Å². The number of carbonyl (C=O) groups is 1. The molecule has 25 heavy (non-hydrogen) atoms. The van der Waals surface area contributed by atoms with E-state index < -0.39 is 0 Å². The molecule has 1 aromatic carbocycles. The lowest BCUT2D eigenvalue weighted by atomic mass is 9.87. The molecule has 0 spiro atoms. The van der Waals surface area contributed by atoms with Crippen LogP contribution in [0.25, 0.3) is 0 Å². The zero-order valence-electron chi connectivity index (χ0n) is 15.4. The molecule has 1 amide bonds. The van der Waals surface area contributed by atoms with Gasteiger partial charge in [-0.1, -0.05) is 31.9 Å². The number of rotatable bonds is 5. The molecule has 3 rings (SSSR count). The quantitative estimate of drug-likeness (QED) is 0.862. The highest BCUT2D eigenvalue weighted by molar-refractivity contribution is 5.94. The van der Waals surface area contributed by atoms with Crippen molar-refractivity contribution in [2.75, 3.05) is 19.7 Å². The fraction of sp³-hybridized carbons (Fsp3) is 0.667. The number of benzene rings is 1. The van der Waals surface area contributed by atoms with E-state index in [0.717, 1.165) is 56.8 Å². The molecule has 2 N–H and O–H groups in total. The summed E-state index contributed by atoms with van der Waals surface area (Å²) in [6, 6.07) is 8.41. The van der Waals surface area contributed by atoms with E-state index in [4.69, 9.17) is 0 Å². The molecule has 138 valence electrons. The number of hydrogen-bond donors (Lipinski definition) is 2. The van der Waals surface area contributed by atoms with Gasteiger partial charge in [-0.25, -0.2) is 0 Å². The number of nitrogens with one attached hydrogen (secondary N) is 1. The lowest BCUT2D eigenvalue weighted by molar-refractivity contribution is 0.0921. The van der Waals surface area contributed by atoms with Crippen molar-refractivity contribution >= 4 is 5.91 Å². The van der Waals surface area contributed by atoms with Crippen LogP contribution in [0.2, 0.25) is 0 Å². The van der Waals surface area contributed by atoms with E-state index in [1.807, 2.05) is 12.1 Å². The Morgan fingerprint density at radius 3 is 2.52 bits per heavy atom. The first kappa shape index (κ1) is 18.4. The molecule has 2 atom stereocenters. The largest absolute Gasteiger partial charge is 0.396 e. The predicted octanol–water partition coefficient (Wildman–Crippen LogP) is 3.20. The molecule has 2 aliphatic rings. The maximum atomic E-state index is 12.4. The third-order valence-corrected chi connectivity index (χ3v) is 5.86. The van der Waals surface area contributed by atoms with E-state index in [-0.39, 0.29) is 5.91 Å². The molecule has 1 saturated heterocycles. The number of nitrogens with zero attached hydrogens (tertiary/aromatic N) is 1. The van der Waals surface area contributed by atoms with Crippen LogP contribution in [-0.2, 0) is 6.54 Å². The molecular weight excluding hydrogens is 312 g/mol. The molecule has 1 saturated carbocycles. The van der Waals surface area contributed by atoms with Gasteiger partial charge in [-0.3, -0.25) is 9.69 Å². The molecule has 2 fully saturated rings. The Hall–Kier alpha value is -1.39. The summed E-state index contributed by atoms with van der Waals surface area (Å²) >= 11 is 0. The molecule has 0 radical (unpaired) electrons. The Balaban J connectivity index is 1.49. The summed E-state index contributed by atoms with van der Waals surface area (Å²) in [5, 5.41) is 12.4. The highest BCUT2D eigenvalue weighted by Gasteiger charge is 2.21. The first-order valence-electron chi connectivity index (χ1n) is 9.87. The molecule has 1 aliphatic heterocycles. The van der Waals surface area contributed by atoms with Crippen molar-refractivity contribution in [1.29, 1.82) is 0 Å². The van der Waals surface area contributed by atoms with Crippen LogP contribution >= 0.6 is 0 Å². The lowest BCUT2D eigenvalue weighted by Crippen LogP contribution is -2.38. The van der Waals surface area contributed by atoms with Gasteiger partial charge in [-0.05, 0) is 68.3 Å². The van der Waals surface area contributed by atoms with Gasteiger partial charge < -0.3 is 10.4 Å². The van der Waals surface area contributed by atoms with Crippen LogP contribution in [0.1, 0.15) is 61.4 Å². The number of aliphatic hydroxyl groups excluding tert-OH is 1. The number of hydrogen-bond acceptors (Lipinski definition) is 3. The second kappa shape index (κ2) is 8.81. The lowest BCUT2D eigenvalue weighted by Gasteiger charge is -2.31. The summed E-state index contributed by atoms with van der Waals surface area (Å²) in [5.41, 5.74) is 2.02. The molecule has 4 heteroatoms. The second-order valence-corrected chi connectivity index (χ2v) is 8.04. The second-order valence-electron chi connectivity index (χ2n) is 8.04. The standard InChI is InChI=1S/C21H32N2O2/c1-16-3-2-4-20(13-16)22-21(25)19-7-5-17(6-8-19)14-23-11-9-18(15-24)10-12-23/h5-8,16,18,20,24H,2-4,9-15H2,1H3,(H,22,25). The van der Waals surface area contributed by atoms with Gasteiger partial charge >= 0.3 is 0 Å². The zero-order chi connectivity index (χ0) is 17.6. The fourth-order valence-corrected chi connectivity index (χ4v) is 4.18. The Morgan fingerprint density at radius 1 is 1.16 bits per heavy atom. The van der Waals surface area contributed by atoms with Crippen LogP contribution in [0.3, 0.4) is 0 Å². The maximum absolute atomic E-state index is 12.4. The van der Waals surface area contributed by atoms with Gasteiger partial charge in [0.05, 0.1) is 0 Å². The first-order chi connectivity index (χ1) is 12.1. The van der Waals surface area contributed by atoms with E-state index in [1.54, 1.807) is 0 Å². The number of amides is 1. The van der Waals surface area contributed by atoms with Gasteiger partial charge in [-0.15, -0.1) is 0 Å². The van der Waals surface area contributed by atoms with Crippen LogP contribution < -0.4 is 5.32 Å². The van der Waals surface area contributed by atoms with E-state index in [9.17, 15) is 9.90 Å². The van der Waals surface area contributed by atoms with Crippen LogP contribution in [0.15, 0.2) is 24.3 Å². The van der Waals surface area contributed by atoms with Gasteiger partial charge in [0.15, 0.2) is 0 Å². The highest BCUT2D eigenvalue weighted by Crippen LogP contribution is 2.24. The van der Waals surface area contributed by atoms with Crippen LogP contribution in [0.5, 0.6) is 0 Å². The van der Waals surface area contributed by atoms with Crippen molar-refractivity contribution in [3.8, 4) is 0 Å². The fourth-order valence-electron chi connectivity index (χ4n) is 4.18. The van der Waals surface area contributed by atoms with Crippen molar-refractivity contribution in [3.05, 3.63) is 35.4 Å². The van der Waals surface area contributed by atoms with Crippen molar-refractivity contribution in [1.82, 2.24) is 10.2 Å². The van der Waals surface area contributed by atoms with Gasteiger partial charge in [0.2, 0.25) is 0 Å². The summed E-state index contributed by atoms with van der Waals surface area (Å²) in [7, 11) is 0. The average molecular weight is 344 g/mol. The van der Waals surface area contributed by atoms with Crippen molar-refractivity contribution < 1.29 is 9.90 Å². The number of carbonyl (C=O) groups excluding carboxylic acids is 1. The summed E-state index contributed by atoms with van der Waals surface area (Å²) in [5.74, 6) is 1.26. The normalized spacial score (nSPS) is 25.7. The Morgan fingerprint density at radius 2 is 1.88 bits per heavy atom. The predicted molar refractivity (Wildman–Crippen MR) is 100 cm³/mol. The maximum Gasteiger partial charge on any atom is 0.251 e. The molecule has 2 unspecified atom stereocenters. The molecule has 0 bridgehead atoms. The van der Waals surface area contributed by atoms with Crippen molar-refractivity contribution in [2.45, 2.75) is 58.0 Å². The number of likely N-dealkylation sites (tertiary alicyclic amines) is 1. The monoisotopic (exact) mass is 344 g/mol. The molecule has 4 nitrogen and oxygen atoms in total. The molecule has 1 aromatic rings. The molecule has 1 heterocycles. The van der Waals surface area contributed by atoms with Gasteiger partial charge in [0.25, 0.3) is 5.91 Å². The van der Waals surface area contributed by atoms with E-state index in [0.29, 0.717) is 18.6 Å².